The molecule has 5 nitrogen and oxygen atoms in total. The lowest BCUT2D eigenvalue weighted by Gasteiger charge is -2.13. The summed E-state index contributed by atoms with van der Waals surface area (Å²) in [4.78, 5) is 14.1. The standard InChI is InChI=1S/C11H16N2O3/c1-6-4-8(11(16)13-10(6)15)9-3-2-7(5-14)12-9/h4,7,9,12,14H,2-3,5H2,1H3,(H2,13,15,16). The minimum Gasteiger partial charge on any atom is -0.494 e. The van der Waals surface area contributed by atoms with E-state index in [2.05, 4.69) is 10.3 Å². The van der Waals surface area contributed by atoms with Crippen LogP contribution in [0, 0.1) is 6.92 Å². The van der Waals surface area contributed by atoms with Crippen LogP contribution in [0.3, 0.4) is 0 Å². The van der Waals surface area contributed by atoms with Gasteiger partial charge < -0.3 is 15.5 Å². The van der Waals surface area contributed by atoms with Gasteiger partial charge in [-0.2, -0.15) is 0 Å². The van der Waals surface area contributed by atoms with Crippen LogP contribution in [0.15, 0.2) is 10.9 Å². The van der Waals surface area contributed by atoms with Gasteiger partial charge in [0, 0.05) is 23.2 Å². The number of aromatic nitrogens is 1. The normalized spacial score (nSPS) is 24.9. The first-order valence-corrected chi connectivity index (χ1v) is 5.41. The van der Waals surface area contributed by atoms with E-state index in [0.29, 0.717) is 11.1 Å². The molecule has 1 fully saturated rings. The van der Waals surface area contributed by atoms with E-state index in [9.17, 15) is 9.90 Å². The molecule has 1 aromatic heterocycles. The maximum Gasteiger partial charge on any atom is 0.255 e. The second kappa shape index (κ2) is 4.27. The van der Waals surface area contributed by atoms with E-state index in [1.54, 1.807) is 13.0 Å². The Balaban J connectivity index is 2.28. The number of nitrogens with one attached hydrogen (secondary N) is 2. The minimum absolute atomic E-state index is 0.0276. The summed E-state index contributed by atoms with van der Waals surface area (Å²) in [5.74, 6) is -0.0783. The average Bonchev–Trinajstić information content (AvgIpc) is 2.71. The number of aromatic hydroxyl groups is 1. The molecule has 5 heteroatoms. The number of aliphatic hydroxyl groups is 1. The van der Waals surface area contributed by atoms with E-state index in [0.717, 1.165) is 12.8 Å². The molecule has 1 aliphatic rings. The molecule has 4 N–H and O–H groups in total. The zero-order valence-corrected chi connectivity index (χ0v) is 9.16. The van der Waals surface area contributed by atoms with E-state index >= 15 is 0 Å². The highest BCUT2D eigenvalue weighted by Crippen LogP contribution is 2.25. The topological polar surface area (TPSA) is 85.4 Å². The lowest BCUT2D eigenvalue weighted by Crippen LogP contribution is -2.30. The van der Waals surface area contributed by atoms with E-state index in [4.69, 9.17) is 5.11 Å². The van der Waals surface area contributed by atoms with Crippen LogP contribution in [0.25, 0.3) is 0 Å². The molecule has 2 unspecified atom stereocenters. The Morgan fingerprint density at radius 2 is 2.25 bits per heavy atom. The third kappa shape index (κ3) is 1.96. The lowest BCUT2D eigenvalue weighted by molar-refractivity contribution is 0.251. The zero-order valence-electron chi connectivity index (χ0n) is 9.16. The Morgan fingerprint density at radius 1 is 1.50 bits per heavy atom. The summed E-state index contributed by atoms with van der Waals surface area (Å²) in [5.41, 5.74) is 1.02. The van der Waals surface area contributed by atoms with Crippen LogP contribution in [-0.2, 0) is 0 Å². The first-order valence-electron chi connectivity index (χ1n) is 5.41. The van der Waals surface area contributed by atoms with Crippen LogP contribution in [0.5, 0.6) is 5.88 Å². The molecule has 0 radical (unpaired) electrons. The quantitative estimate of drug-likeness (QED) is 0.577. The molecule has 16 heavy (non-hydrogen) atoms. The Labute approximate surface area is 93.1 Å². The molecule has 0 aliphatic carbocycles. The summed E-state index contributed by atoms with van der Waals surface area (Å²) in [6.45, 7) is 1.83. The number of hydrogen-bond donors (Lipinski definition) is 4. The third-order valence-electron chi connectivity index (χ3n) is 3.08. The minimum atomic E-state index is -0.265. The molecular weight excluding hydrogens is 208 g/mol. The number of hydrogen-bond acceptors (Lipinski definition) is 4. The fraction of sp³-hybridized carbons (Fsp3) is 0.545. The van der Waals surface area contributed by atoms with Crippen molar-refractivity contribution in [1.29, 1.82) is 0 Å². The van der Waals surface area contributed by atoms with Gasteiger partial charge in [-0.25, -0.2) is 0 Å². The molecule has 1 aromatic rings. The molecule has 0 bridgehead atoms. The van der Waals surface area contributed by atoms with Crippen molar-refractivity contribution >= 4 is 0 Å². The average molecular weight is 224 g/mol. The molecular formula is C11H16N2O3. The number of pyridine rings is 1. The van der Waals surface area contributed by atoms with Gasteiger partial charge >= 0.3 is 0 Å². The highest BCUT2D eigenvalue weighted by atomic mass is 16.3. The lowest BCUT2D eigenvalue weighted by atomic mass is 10.1. The van der Waals surface area contributed by atoms with Gasteiger partial charge in [0.2, 0.25) is 0 Å². The maximum atomic E-state index is 11.7. The van der Waals surface area contributed by atoms with Crippen molar-refractivity contribution in [3.05, 3.63) is 27.5 Å². The monoisotopic (exact) mass is 224 g/mol. The summed E-state index contributed by atoms with van der Waals surface area (Å²) < 4.78 is 0. The molecule has 0 aromatic carbocycles. The Kier molecular flexibility index (Phi) is 2.98. The van der Waals surface area contributed by atoms with Gasteiger partial charge in [-0.15, -0.1) is 0 Å². The third-order valence-corrected chi connectivity index (χ3v) is 3.08. The summed E-state index contributed by atoms with van der Waals surface area (Å²) in [6, 6.07) is 1.74. The van der Waals surface area contributed by atoms with Gasteiger partial charge in [-0.3, -0.25) is 9.78 Å². The predicted molar refractivity (Wildman–Crippen MR) is 59.4 cm³/mol. The highest BCUT2D eigenvalue weighted by molar-refractivity contribution is 5.29. The Bertz CT molecular complexity index is 441. The van der Waals surface area contributed by atoms with Gasteiger partial charge in [-0.05, 0) is 25.8 Å². The molecule has 88 valence electrons. The van der Waals surface area contributed by atoms with Crippen molar-refractivity contribution in [3.63, 3.8) is 0 Å². The van der Waals surface area contributed by atoms with Crippen LogP contribution in [0.1, 0.15) is 30.0 Å². The van der Waals surface area contributed by atoms with Crippen molar-refractivity contribution < 1.29 is 10.2 Å². The van der Waals surface area contributed by atoms with Gasteiger partial charge in [0.25, 0.3) is 5.56 Å². The fourth-order valence-electron chi connectivity index (χ4n) is 2.11. The highest BCUT2D eigenvalue weighted by Gasteiger charge is 2.26. The predicted octanol–water partition coefficient (Wildman–Crippen LogP) is 0.174. The van der Waals surface area contributed by atoms with Crippen LogP contribution >= 0.6 is 0 Å². The fourth-order valence-corrected chi connectivity index (χ4v) is 2.11. The second-order valence-electron chi connectivity index (χ2n) is 4.26. The number of rotatable bonds is 2. The van der Waals surface area contributed by atoms with E-state index in [1.807, 2.05) is 0 Å². The molecule has 1 aliphatic heterocycles. The number of aromatic amines is 1. The molecule has 2 atom stereocenters. The molecule has 0 amide bonds. The molecule has 0 saturated carbocycles. The Morgan fingerprint density at radius 3 is 2.88 bits per heavy atom. The summed E-state index contributed by atoms with van der Waals surface area (Å²) >= 11 is 0. The summed E-state index contributed by atoms with van der Waals surface area (Å²) in [7, 11) is 0. The van der Waals surface area contributed by atoms with Crippen LogP contribution in [0.4, 0.5) is 0 Å². The van der Waals surface area contributed by atoms with Gasteiger partial charge in [0.15, 0.2) is 5.88 Å². The van der Waals surface area contributed by atoms with Gasteiger partial charge in [0.05, 0.1) is 6.61 Å². The van der Waals surface area contributed by atoms with Crippen LogP contribution in [0.2, 0.25) is 0 Å². The van der Waals surface area contributed by atoms with Crippen LogP contribution in [-0.4, -0.2) is 27.8 Å². The maximum absolute atomic E-state index is 11.7. The largest absolute Gasteiger partial charge is 0.494 e. The van der Waals surface area contributed by atoms with Crippen molar-refractivity contribution in [3.8, 4) is 5.88 Å². The first-order chi connectivity index (χ1) is 7.61. The molecule has 2 heterocycles. The summed E-state index contributed by atoms with van der Waals surface area (Å²) in [6.07, 6.45) is 1.69. The Hall–Kier alpha value is -1.33. The smallest absolute Gasteiger partial charge is 0.255 e. The van der Waals surface area contributed by atoms with Crippen molar-refractivity contribution in [1.82, 2.24) is 10.3 Å². The van der Waals surface area contributed by atoms with E-state index < -0.39 is 0 Å². The second-order valence-corrected chi connectivity index (χ2v) is 4.26. The van der Waals surface area contributed by atoms with Crippen molar-refractivity contribution in [2.24, 2.45) is 0 Å². The van der Waals surface area contributed by atoms with Gasteiger partial charge in [0.1, 0.15) is 0 Å². The number of H-pyrrole nitrogens is 1. The number of aliphatic hydroxyl groups excluding tert-OH is 1. The SMILES string of the molecule is Cc1cc(C2CCC(CO)N2)c(=O)[nH]c1O. The van der Waals surface area contributed by atoms with Gasteiger partial charge in [-0.1, -0.05) is 0 Å². The zero-order chi connectivity index (χ0) is 11.7. The van der Waals surface area contributed by atoms with E-state index in [1.165, 1.54) is 0 Å². The molecule has 1 saturated heterocycles. The first kappa shape index (κ1) is 11.2. The molecule has 2 rings (SSSR count). The van der Waals surface area contributed by atoms with Crippen LogP contribution < -0.4 is 10.9 Å². The van der Waals surface area contributed by atoms with Crippen molar-refractivity contribution in [2.45, 2.75) is 31.8 Å². The van der Waals surface area contributed by atoms with E-state index in [-0.39, 0.29) is 30.1 Å². The number of aryl methyl sites for hydroxylation is 1. The summed E-state index contributed by atoms with van der Waals surface area (Å²) in [5, 5.41) is 21.6. The van der Waals surface area contributed by atoms with Crippen molar-refractivity contribution in [2.75, 3.05) is 6.61 Å². The molecule has 0 spiro atoms.